The van der Waals surface area contributed by atoms with Gasteiger partial charge in [-0.15, -0.1) is 0 Å². The van der Waals surface area contributed by atoms with Crippen LogP contribution in [0.5, 0.6) is 5.75 Å². The molecule has 8 heteroatoms. The van der Waals surface area contributed by atoms with E-state index in [9.17, 15) is 9.59 Å². The fourth-order valence-corrected chi connectivity index (χ4v) is 3.33. The van der Waals surface area contributed by atoms with Crippen molar-refractivity contribution >= 4 is 23.2 Å². The van der Waals surface area contributed by atoms with Crippen LogP contribution in [0.3, 0.4) is 0 Å². The van der Waals surface area contributed by atoms with Crippen LogP contribution in [0.2, 0.25) is 0 Å². The molecular formula is C24H23N5O3. The second-order valence-electron chi connectivity index (χ2n) is 7.33. The maximum atomic E-state index is 12.6. The molecule has 2 heterocycles. The average Bonchev–Trinajstić information content (AvgIpc) is 3.29. The number of benzene rings is 2. The van der Waals surface area contributed by atoms with Crippen LogP contribution in [0.15, 0.2) is 84.2 Å². The Morgan fingerprint density at radius 2 is 1.81 bits per heavy atom. The van der Waals surface area contributed by atoms with Gasteiger partial charge in [0.05, 0.1) is 5.69 Å². The highest BCUT2D eigenvalue weighted by molar-refractivity contribution is 6.40. The van der Waals surface area contributed by atoms with Crippen LogP contribution in [0, 0.1) is 0 Å². The normalized spacial score (nSPS) is 15.2. The summed E-state index contributed by atoms with van der Waals surface area (Å²) in [5.74, 6) is -0.124. The molecule has 8 nitrogen and oxygen atoms in total. The molecule has 32 heavy (non-hydrogen) atoms. The van der Waals surface area contributed by atoms with E-state index in [1.165, 1.54) is 5.01 Å². The maximum Gasteiger partial charge on any atom is 0.267 e. The number of nitrogens with zero attached hydrogens (tertiary/aromatic N) is 3. The zero-order valence-electron chi connectivity index (χ0n) is 17.3. The number of hydrogen-bond acceptors (Lipinski definition) is 6. The van der Waals surface area contributed by atoms with Gasteiger partial charge in [-0.1, -0.05) is 36.4 Å². The molecule has 0 saturated carbocycles. The molecular weight excluding hydrogens is 406 g/mol. The lowest BCUT2D eigenvalue weighted by Gasteiger charge is -2.20. The van der Waals surface area contributed by atoms with Crippen molar-refractivity contribution in [3.63, 3.8) is 0 Å². The van der Waals surface area contributed by atoms with Crippen LogP contribution in [-0.2, 0) is 22.7 Å². The van der Waals surface area contributed by atoms with Crippen molar-refractivity contribution < 1.29 is 14.3 Å². The topological polar surface area (TPSA) is 110 Å². The van der Waals surface area contributed by atoms with Crippen LogP contribution in [-0.4, -0.2) is 28.6 Å². The summed E-state index contributed by atoms with van der Waals surface area (Å²) in [5, 5.41) is 8.71. The highest BCUT2D eigenvalue weighted by Gasteiger charge is 2.34. The van der Waals surface area contributed by atoms with E-state index in [1.807, 2.05) is 66.7 Å². The van der Waals surface area contributed by atoms with Crippen molar-refractivity contribution in [2.75, 3.05) is 5.01 Å². The summed E-state index contributed by atoms with van der Waals surface area (Å²) in [7, 11) is 0. The van der Waals surface area contributed by atoms with Crippen LogP contribution >= 0.6 is 0 Å². The van der Waals surface area contributed by atoms with E-state index in [4.69, 9.17) is 10.5 Å². The van der Waals surface area contributed by atoms with Gasteiger partial charge in [0.25, 0.3) is 5.91 Å². The first kappa shape index (κ1) is 21.0. The summed E-state index contributed by atoms with van der Waals surface area (Å²) in [6.07, 6.45) is 3.64. The van der Waals surface area contributed by atoms with Gasteiger partial charge in [0.15, 0.2) is 0 Å². The van der Waals surface area contributed by atoms with Gasteiger partial charge in [-0.2, -0.15) is 5.10 Å². The molecule has 0 spiro atoms. The number of pyridine rings is 1. The van der Waals surface area contributed by atoms with E-state index >= 15 is 0 Å². The first-order chi connectivity index (χ1) is 15.6. The Bertz CT molecular complexity index is 1100. The van der Waals surface area contributed by atoms with E-state index in [0.717, 1.165) is 16.9 Å². The minimum absolute atomic E-state index is 0.164. The van der Waals surface area contributed by atoms with Gasteiger partial charge in [-0.05, 0) is 35.9 Å². The smallest absolute Gasteiger partial charge is 0.267 e. The molecule has 162 valence electrons. The van der Waals surface area contributed by atoms with Gasteiger partial charge in [-0.3, -0.25) is 19.6 Å². The quantitative estimate of drug-likeness (QED) is 0.571. The van der Waals surface area contributed by atoms with Crippen molar-refractivity contribution in [1.29, 1.82) is 0 Å². The molecule has 4 rings (SSSR count). The molecule has 2 amide bonds. The number of anilines is 1. The molecule has 3 N–H and O–H groups in total. The number of aromatic nitrogens is 1. The fourth-order valence-electron chi connectivity index (χ4n) is 3.33. The third-order valence-electron chi connectivity index (χ3n) is 5.03. The van der Waals surface area contributed by atoms with Crippen molar-refractivity contribution in [1.82, 2.24) is 10.3 Å². The van der Waals surface area contributed by atoms with Gasteiger partial charge >= 0.3 is 0 Å². The number of hydrogen-bond donors (Lipinski definition) is 2. The van der Waals surface area contributed by atoms with Crippen LogP contribution in [0.1, 0.15) is 17.5 Å². The fraction of sp³-hybridized carbons (Fsp3) is 0.167. The summed E-state index contributed by atoms with van der Waals surface area (Å²) in [6, 6.07) is 19.8. The monoisotopic (exact) mass is 429 g/mol. The van der Waals surface area contributed by atoms with Gasteiger partial charge in [0.2, 0.25) is 5.91 Å². The maximum absolute atomic E-state index is 12.6. The summed E-state index contributed by atoms with van der Waals surface area (Å²) in [4.78, 5) is 28.6. The number of nitrogens with two attached hydrogens (primary N) is 1. The van der Waals surface area contributed by atoms with Gasteiger partial charge < -0.3 is 15.8 Å². The molecule has 1 aliphatic rings. The Morgan fingerprint density at radius 1 is 1.03 bits per heavy atom. The number of carbonyl (C=O) groups excluding carboxylic acids is 2. The molecule has 0 fully saturated rings. The predicted octanol–water partition coefficient (Wildman–Crippen LogP) is 2.40. The molecule has 1 atom stereocenters. The number of hydrazone groups is 1. The van der Waals surface area contributed by atoms with Gasteiger partial charge in [-0.25, -0.2) is 0 Å². The molecule has 0 radical (unpaired) electrons. The van der Waals surface area contributed by atoms with Crippen molar-refractivity contribution in [2.24, 2.45) is 10.8 Å². The number of primary amides is 1. The molecule has 2 aromatic carbocycles. The zero-order chi connectivity index (χ0) is 22.3. The Labute approximate surface area is 185 Å². The molecule has 1 aliphatic heterocycles. The number of para-hydroxylation sites is 1. The molecule has 0 saturated heterocycles. The molecule has 1 aromatic heterocycles. The van der Waals surface area contributed by atoms with Crippen LogP contribution < -0.4 is 20.8 Å². The number of amides is 2. The Hall–Kier alpha value is -4.20. The molecule has 3 aromatic rings. The second kappa shape index (κ2) is 9.74. The Morgan fingerprint density at radius 3 is 2.50 bits per heavy atom. The average molecular weight is 429 g/mol. The lowest BCUT2D eigenvalue weighted by Crippen LogP contribution is -2.39. The first-order valence-electron chi connectivity index (χ1n) is 10.2. The lowest BCUT2D eigenvalue weighted by atomic mass is 10.1. The van der Waals surface area contributed by atoms with Crippen LogP contribution in [0.4, 0.5) is 5.69 Å². The summed E-state index contributed by atoms with van der Waals surface area (Å²) in [5.41, 5.74) is 8.41. The highest BCUT2D eigenvalue weighted by Crippen LogP contribution is 2.24. The van der Waals surface area contributed by atoms with Crippen molar-refractivity contribution in [3.8, 4) is 5.75 Å². The molecule has 0 bridgehead atoms. The number of ether oxygens (including phenoxy) is 1. The van der Waals surface area contributed by atoms with Crippen LogP contribution in [0.25, 0.3) is 0 Å². The largest absolute Gasteiger partial charge is 0.489 e. The van der Waals surface area contributed by atoms with Gasteiger partial charge in [0.1, 0.15) is 24.1 Å². The first-order valence-corrected chi connectivity index (χ1v) is 10.2. The second-order valence-corrected chi connectivity index (χ2v) is 7.33. The summed E-state index contributed by atoms with van der Waals surface area (Å²) >= 11 is 0. The number of carbonyl (C=O) groups is 2. The highest BCUT2D eigenvalue weighted by atomic mass is 16.5. The number of rotatable bonds is 8. The third kappa shape index (κ3) is 5.10. The Kier molecular flexibility index (Phi) is 6.41. The van der Waals surface area contributed by atoms with E-state index in [2.05, 4.69) is 15.4 Å². The van der Waals surface area contributed by atoms with Crippen molar-refractivity contribution in [2.45, 2.75) is 25.6 Å². The minimum atomic E-state index is -0.686. The predicted molar refractivity (Wildman–Crippen MR) is 121 cm³/mol. The third-order valence-corrected chi connectivity index (χ3v) is 5.03. The van der Waals surface area contributed by atoms with Gasteiger partial charge in [0, 0.05) is 30.9 Å². The summed E-state index contributed by atoms with van der Waals surface area (Å²) in [6.45, 7) is 0.760. The molecule has 0 aliphatic carbocycles. The standard InChI is InChI=1S/C24H23N5O3/c25-23(30)22-13-21(28-29(22)19-6-2-1-3-7-19)24(31)27-15-17-8-10-20(11-9-17)32-16-18-5-4-12-26-14-18/h1-12,14,22H,13,15-16H2,(H2,25,30)(H,27,31). The lowest BCUT2D eigenvalue weighted by molar-refractivity contribution is -0.119. The molecule has 1 unspecified atom stereocenters. The zero-order valence-corrected chi connectivity index (χ0v) is 17.3. The van der Waals surface area contributed by atoms with E-state index < -0.39 is 11.9 Å². The van der Waals surface area contributed by atoms with E-state index in [1.54, 1.807) is 12.4 Å². The minimum Gasteiger partial charge on any atom is -0.489 e. The van der Waals surface area contributed by atoms with E-state index in [0.29, 0.717) is 18.8 Å². The Balaban J connectivity index is 1.33. The van der Waals surface area contributed by atoms with Crippen molar-refractivity contribution in [3.05, 3.63) is 90.3 Å². The van der Waals surface area contributed by atoms with E-state index in [-0.39, 0.29) is 18.0 Å². The summed E-state index contributed by atoms with van der Waals surface area (Å²) < 4.78 is 5.75. The number of nitrogens with one attached hydrogen (secondary N) is 1. The SMILES string of the molecule is NC(=O)C1CC(C(=O)NCc2ccc(OCc3cccnc3)cc2)=NN1c1ccccc1.